The minimum absolute atomic E-state index is 0.182. The monoisotopic (exact) mass is 358 g/mol. The normalized spacial score (nSPS) is 11.4. The summed E-state index contributed by atoms with van der Waals surface area (Å²) in [7, 11) is 1.57. The molecule has 0 saturated heterocycles. The van der Waals surface area contributed by atoms with Crippen molar-refractivity contribution in [2.24, 2.45) is 0 Å². The van der Waals surface area contributed by atoms with E-state index in [1.807, 2.05) is 44.2 Å². The van der Waals surface area contributed by atoms with E-state index in [1.165, 1.54) is 0 Å². The molecule has 1 unspecified atom stereocenters. The zero-order valence-electron chi connectivity index (χ0n) is 15.7. The van der Waals surface area contributed by atoms with Gasteiger partial charge in [-0.15, -0.1) is 0 Å². The van der Waals surface area contributed by atoms with Gasteiger partial charge in [0, 0.05) is 6.07 Å². The average Bonchev–Trinajstić information content (AvgIpc) is 2.64. The summed E-state index contributed by atoms with van der Waals surface area (Å²) < 4.78 is 16.4. The van der Waals surface area contributed by atoms with Crippen LogP contribution in [0, 0.1) is 0 Å². The van der Waals surface area contributed by atoms with Gasteiger partial charge < -0.3 is 24.8 Å². The Balaban J connectivity index is 2.13. The van der Waals surface area contributed by atoms with Gasteiger partial charge in [-0.25, -0.2) is 0 Å². The third-order valence-corrected chi connectivity index (χ3v) is 3.69. The first kappa shape index (κ1) is 19.4. The number of anilines is 2. The maximum Gasteiger partial charge on any atom is 0.246 e. The van der Waals surface area contributed by atoms with Crippen LogP contribution in [0.5, 0.6) is 17.2 Å². The molecule has 0 aliphatic heterocycles. The van der Waals surface area contributed by atoms with Crippen molar-refractivity contribution in [2.45, 2.75) is 26.8 Å². The number of hydrogen-bond donors (Lipinski definition) is 2. The predicted octanol–water partition coefficient (Wildman–Crippen LogP) is 3.93. The minimum Gasteiger partial charge on any atom is -0.495 e. The van der Waals surface area contributed by atoms with Gasteiger partial charge in [0.05, 0.1) is 31.7 Å². The van der Waals surface area contributed by atoms with E-state index in [2.05, 4.69) is 10.6 Å². The molecular formula is C20H26N2O4. The van der Waals surface area contributed by atoms with Crippen LogP contribution in [-0.4, -0.2) is 32.3 Å². The van der Waals surface area contributed by atoms with Gasteiger partial charge in [0.15, 0.2) is 0 Å². The molecule has 0 radical (unpaired) electrons. The van der Waals surface area contributed by atoms with Gasteiger partial charge in [0.2, 0.25) is 5.91 Å². The van der Waals surface area contributed by atoms with Crippen LogP contribution in [0.1, 0.15) is 20.8 Å². The molecule has 1 atom stereocenters. The van der Waals surface area contributed by atoms with E-state index in [4.69, 9.17) is 14.2 Å². The van der Waals surface area contributed by atoms with Crippen LogP contribution in [0.25, 0.3) is 0 Å². The van der Waals surface area contributed by atoms with Gasteiger partial charge >= 0.3 is 0 Å². The second-order valence-electron chi connectivity index (χ2n) is 5.58. The number of para-hydroxylation sites is 2. The van der Waals surface area contributed by atoms with E-state index in [0.717, 1.165) is 5.75 Å². The molecule has 0 bridgehead atoms. The van der Waals surface area contributed by atoms with Crippen molar-refractivity contribution in [3.05, 3.63) is 42.5 Å². The molecule has 1 amide bonds. The van der Waals surface area contributed by atoms with Gasteiger partial charge in [-0.1, -0.05) is 12.1 Å². The Hall–Kier alpha value is -2.89. The molecule has 140 valence electrons. The van der Waals surface area contributed by atoms with Gasteiger partial charge in [0.25, 0.3) is 0 Å². The molecule has 0 spiro atoms. The number of carbonyl (C=O) groups excluding carboxylic acids is 1. The van der Waals surface area contributed by atoms with Gasteiger partial charge in [-0.3, -0.25) is 4.79 Å². The Morgan fingerprint density at radius 3 is 2.42 bits per heavy atom. The molecule has 26 heavy (non-hydrogen) atoms. The fourth-order valence-electron chi connectivity index (χ4n) is 2.45. The summed E-state index contributed by atoms with van der Waals surface area (Å²) in [5, 5.41) is 6.07. The highest BCUT2D eigenvalue weighted by molar-refractivity contribution is 5.97. The highest BCUT2D eigenvalue weighted by Crippen LogP contribution is 2.30. The first-order valence-electron chi connectivity index (χ1n) is 8.69. The third-order valence-electron chi connectivity index (χ3n) is 3.69. The quantitative estimate of drug-likeness (QED) is 0.711. The molecule has 2 rings (SSSR count). The van der Waals surface area contributed by atoms with Crippen LogP contribution in [0.15, 0.2) is 42.5 Å². The number of rotatable bonds is 9. The maximum atomic E-state index is 12.6. The highest BCUT2D eigenvalue weighted by atomic mass is 16.5. The Bertz CT molecular complexity index is 734. The number of carbonyl (C=O) groups is 1. The summed E-state index contributed by atoms with van der Waals surface area (Å²) in [6.45, 7) is 6.72. The fraction of sp³-hybridized carbons (Fsp3) is 0.350. The first-order valence-corrected chi connectivity index (χ1v) is 8.69. The summed E-state index contributed by atoms with van der Waals surface area (Å²) in [5.41, 5.74) is 1.34. The molecule has 2 aromatic rings. The Morgan fingerprint density at radius 2 is 1.73 bits per heavy atom. The lowest BCUT2D eigenvalue weighted by atomic mass is 10.2. The lowest BCUT2D eigenvalue weighted by Gasteiger charge is -2.19. The van der Waals surface area contributed by atoms with Crippen LogP contribution >= 0.6 is 0 Å². The predicted molar refractivity (Wildman–Crippen MR) is 103 cm³/mol. The van der Waals surface area contributed by atoms with Crippen LogP contribution < -0.4 is 24.8 Å². The van der Waals surface area contributed by atoms with Crippen LogP contribution in [0.3, 0.4) is 0 Å². The van der Waals surface area contributed by atoms with Crippen LogP contribution in [-0.2, 0) is 4.79 Å². The smallest absolute Gasteiger partial charge is 0.246 e. The van der Waals surface area contributed by atoms with Crippen molar-refractivity contribution in [3.63, 3.8) is 0 Å². The van der Waals surface area contributed by atoms with E-state index in [9.17, 15) is 4.79 Å². The standard InChI is InChI=1S/C20H26N2O4/c1-5-25-15-11-12-19(26-6-2)17(13-15)21-14(3)20(23)22-16-9-7-8-10-18(16)24-4/h7-14,21H,5-6H2,1-4H3,(H,22,23). The molecular weight excluding hydrogens is 332 g/mol. The van der Waals surface area contributed by atoms with Gasteiger partial charge in [0.1, 0.15) is 23.3 Å². The third kappa shape index (κ3) is 5.05. The summed E-state index contributed by atoms with van der Waals surface area (Å²) in [6.07, 6.45) is 0. The van der Waals surface area contributed by atoms with Crippen molar-refractivity contribution < 1.29 is 19.0 Å². The van der Waals surface area contributed by atoms with Crippen molar-refractivity contribution >= 4 is 17.3 Å². The molecule has 2 aromatic carbocycles. The number of ether oxygens (including phenoxy) is 3. The van der Waals surface area contributed by atoms with Crippen molar-refractivity contribution in [1.29, 1.82) is 0 Å². The van der Waals surface area contributed by atoms with E-state index in [1.54, 1.807) is 26.2 Å². The molecule has 0 heterocycles. The van der Waals surface area contributed by atoms with Crippen molar-refractivity contribution in [1.82, 2.24) is 0 Å². The van der Waals surface area contributed by atoms with E-state index in [-0.39, 0.29) is 5.91 Å². The molecule has 6 nitrogen and oxygen atoms in total. The molecule has 0 aromatic heterocycles. The number of methoxy groups -OCH3 is 1. The molecule has 6 heteroatoms. The summed E-state index contributed by atoms with van der Waals surface area (Å²) in [6, 6.07) is 12.3. The lowest BCUT2D eigenvalue weighted by molar-refractivity contribution is -0.116. The Kier molecular flexibility index (Phi) is 7.14. The second kappa shape index (κ2) is 9.56. The Labute approximate surface area is 154 Å². The number of benzene rings is 2. The number of nitrogens with one attached hydrogen (secondary N) is 2. The molecule has 0 saturated carbocycles. The van der Waals surface area contributed by atoms with Gasteiger partial charge in [-0.2, -0.15) is 0 Å². The van der Waals surface area contributed by atoms with Crippen molar-refractivity contribution in [2.75, 3.05) is 31.0 Å². The van der Waals surface area contributed by atoms with E-state index >= 15 is 0 Å². The maximum absolute atomic E-state index is 12.6. The van der Waals surface area contributed by atoms with Crippen LogP contribution in [0.4, 0.5) is 11.4 Å². The van der Waals surface area contributed by atoms with E-state index < -0.39 is 6.04 Å². The Morgan fingerprint density at radius 1 is 1.00 bits per heavy atom. The topological polar surface area (TPSA) is 68.8 Å². The average molecular weight is 358 g/mol. The lowest BCUT2D eigenvalue weighted by Crippen LogP contribution is -2.32. The summed E-state index contributed by atoms with van der Waals surface area (Å²) in [5.74, 6) is 1.82. The SMILES string of the molecule is CCOc1ccc(OCC)c(NC(C)C(=O)Nc2ccccc2OC)c1. The number of amides is 1. The number of hydrogen-bond acceptors (Lipinski definition) is 5. The fourth-order valence-corrected chi connectivity index (χ4v) is 2.45. The molecule has 0 fully saturated rings. The summed E-state index contributed by atoms with van der Waals surface area (Å²) >= 11 is 0. The molecule has 0 aliphatic rings. The molecule has 2 N–H and O–H groups in total. The summed E-state index contributed by atoms with van der Waals surface area (Å²) in [4.78, 5) is 12.6. The second-order valence-corrected chi connectivity index (χ2v) is 5.58. The largest absolute Gasteiger partial charge is 0.495 e. The highest BCUT2D eigenvalue weighted by Gasteiger charge is 2.17. The van der Waals surface area contributed by atoms with E-state index in [0.29, 0.717) is 36.1 Å². The van der Waals surface area contributed by atoms with Gasteiger partial charge in [-0.05, 0) is 45.0 Å². The van der Waals surface area contributed by atoms with Crippen LogP contribution in [0.2, 0.25) is 0 Å². The van der Waals surface area contributed by atoms with Crippen molar-refractivity contribution in [3.8, 4) is 17.2 Å². The zero-order valence-corrected chi connectivity index (χ0v) is 15.7. The molecule has 0 aliphatic carbocycles. The minimum atomic E-state index is -0.490. The first-order chi connectivity index (χ1) is 12.6. The zero-order chi connectivity index (χ0) is 18.9.